The summed E-state index contributed by atoms with van der Waals surface area (Å²) in [6.45, 7) is 2.29. The summed E-state index contributed by atoms with van der Waals surface area (Å²) in [6.07, 6.45) is 2.26. The van der Waals surface area contributed by atoms with Crippen LogP contribution in [-0.4, -0.2) is 47.9 Å². The largest absolute Gasteiger partial charge is 0.392 e. The second-order valence-corrected chi connectivity index (χ2v) is 6.10. The first-order chi connectivity index (χ1) is 11.2. The SMILES string of the molecule is CC(C)(O)O.N#CC1(CO)CCC(c2ccc3c(N)ncnn23)O1. The highest BCUT2D eigenvalue weighted by molar-refractivity contribution is 5.65. The fraction of sp³-hybridized carbons (Fsp3) is 0.533. The highest BCUT2D eigenvalue weighted by Crippen LogP contribution is 2.39. The summed E-state index contributed by atoms with van der Waals surface area (Å²) < 4.78 is 7.37. The molecular formula is C15H21N5O4. The van der Waals surface area contributed by atoms with Gasteiger partial charge in [0.15, 0.2) is 17.2 Å². The summed E-state index contributed by atoms with van der Waals surface area (Å²) in [5.41, 5.74) is 6.19. The Balaban J connectivity index is 0.000000368. The quantitative estimate of drug-likeness (QED) is 0.565. The van der Waals surface area contributed by atoms with E-state index in [2.05, 4.69) is 10.1 Å². The molecule has 1 aliphatic heterocycles. The molecule has 0 spiro atoms. The van der Waals surface area contributed by atoms with Gasteiger partial charge in [-0.15, -0.1) is 0 Å². The minimum Gasteiger partial charge on any atom is -0.392 e. The standard InChI is InChI=1S/C12H13N5O2.C3H8O2/c13-5-12(6-18)4-3-10(19-12)8-1-2-9-11(14)15-7-16-17(8)9;1-3(2,4)5/h1-2,7,10,18H,3-4,6H2,(H2,14,15,16);4-5H,1-2H3. The lowest BCUT2D eigenvalue weighted by Gasteiger charge is -2.18. The van der Waals surface area contributed by atoms with Crippen LogP contribution in [0.25, 0.3) is 5.52 Å². The number of aromatic nitrogens is 3. The Morgan fingerprint density at radius 1 is 1.50 bits per heavy atom. The number of ether oxygens (including phenoxy) is 1. The number of anilines is 1. The van der Waals surface area contributed by atoms with Crippen LogP contribution in [0.1, 0.15) is 38.5 Å². The molecule has 2 atom stereocenters. The molecule has 0 bridgehead atoms. The average Bonchev–Trinajstić information content (AvgIpc) is 3.10. The van der Waals surface area contributed by atoms with Crippen molar-refractivity contribution >= 4 is 11.3 Å². The zero-order valence-corrected chi connectivity index (χ0v) is 13.5. The first kappa shape index (κ1) is 18.1. The van der Waals surface area contributed by atoms with E-state index in [1.807, 2.05) is 18.2 Å². The molecule has 5 N–H and O–H groups in total. The third-order valence-electron chi connectivity index (χ3n) is 3.48. The molecule has 3 rings (SSSR count). The van der Waals surface area contributed by atoms with Gasteiger partial charge in [-0.05, 0) is 38.8 Å². The smallest absolute Gasteiger partial charge is 0.177 e. The molecule has 9 heteroatoms. The fourth-order valence-corrected chi connectivity index (χ4v) is 2.41. The molecule has 3 heterocycles. The first-order valence-electron chi connectivity index (χ1n) is 7.42. The summed E-state index contributed by atoms with van der Waals surface area (Å²) >= 11 is 0. The second kappa shape index (κ2) is 6.70. The Hall–Kier alpha value is -2.25. The maximum Gasteiger partial charge on any atom is 0.177 e. The van der Waals surface area contributed by atoms with Gasteiger partial charge in [0, 0.05) is 0 Å². The van der Waals surface area contributed by atoms with Crippen molar-refractivity contribution in [1.29, 1.82) is 5.26 Å². The van der Waals surface area contributed by atoms with Gasteiger partial charge in [0.25, 0.3) is 0 Å². The Morgan fingerprint density at radius 2 is 2.17 bits per heavy atom. The lowest BCUT2D eigenvalue weighted by atomic mass is 10.0. The van der Waals surface area contributed by atoms with Crippen molar-refractivity contribution in [3.05, 3.63) is 24.2 Å². The van der Waals surface area contributed by atoms with E-state index in [4.69, 9.17) is 25.9 Å². The van der Waals surface area contributed by atoms with Gasteiger partial charge in [0.1, 0.15) is 24.0 Å². The molecule has 1 aliphatic rings. The van der Waals surface area contributed by atoms with E-state index in [-0.39, 0.29) is 12.7 Å². The van der Waals surface area contributed by atoms with Crippen molar-refractivity contribution in [2.24, 2.45) is 0 Å². The maximum absolute atomic E-state index is 9.29. The van der Waals surface area contributed by atoms with Crippen LogP contribution in [0.2, 0.25) is 0 Å². The molecular weight excluding hydrogens is 314 g/mol. The predicted octanol–water partition coefficient (Wildman–Crippen LogP) is 0.125. The maximum atomic E-state index is 9.29. The molecule has 2 aromatic rings. The highest BCUT2D eigenvalue weighted by atomic mass is 16.5. The number of aliphatic hydroxyl groups is 3. The lowest BCUT2D eigenvalue weighted by Crippen LogP contribution is -2.30. The van der Waals surface area contributed by atoms with E-state index < -0.39 is 11.4 Å². The van der Waals surface area contributed by atoms with Gasteiger partial charge >= 0.3 is 0 Å². The summed E-state index contributed by atoms with van der Waals surface area (Å²) in [7, 11) is 0. The Morgan fingerprint density at radius 3 is 2.71 bits per heavy atom. The zero-order valence-electron chi connectivity index (χ0n) is 13.5. The van der Waals surface area contributed by atoms with E-state index in [9.17, 15) is 5.11 Å². The predicted molar refractivity (Wildman–Crippen MR) is 84.4 cm³/mol. The van der Waals surface area contributed by atoms with Gasteiger partial charge in [-0.2, -0.15) is 10.4 Å². The van der Waals surface area contributed by atoms with Crippen LogP contribution >= 0.6 is 0 Å². The van der Waals surface area contributed by atoms with E-state index in [0.717, 1.165) is 5.69 Å². The highest BCUT2D eigenvalue weighted by Gasteiger charge is 2.41. The van der Waals surface area contributed by atoms with E-state index >= 15 is 0 Å². The fourth-order valence-electron chi connectivity index (χ4n) is 2.41. The Kier molecular flexibility index (Phi) is 5.05. The number of nitrogen functional groups attached to an aromatic ring is 1. The molecule has 0 aromatic carbocycles. The number of rotatable bonds is 2. The molecule has 1 fully saturated rings. The number of fused-ring (bicyclic) bond motifs is 1. The van der Waals surface area contributed by atoms with Crippen molar-refractivity contribution in [2.45, 2.75) is 44.2 Å². The third kappa shape index (κ3) is 3.98. The average molecular weight is 335 g/mol. The van der Waals surface area contributed by atoms with Gasteiger partial charge in [-0.25, -0.2) is 9.50 Å². The molecule has 0 amide bonds. The number of hydrogen-bond acceptors (Lipinski definition) is 8. The van der Waals surface area contributed by atoms with Crippen molar-refractivity contribution in [3.8, 4) is 6.07 Å². The third-order valence-corrected chi connectivity index (χ3v) is 3.48. The molecule has 9 nitrogen and oxygen atoms in total. The van der Waals surface area contributed by atoms with E-state index in [0.29, 0.717) is 24.2 Å². The van der Waals surface area contributed by atoms with Crippen molar-refractivity contribution in [3.63, 3.8) is 0 Å². The van der Waals surface area contributed by atoms with E-state index in [1.165, 1.54) is 20.2 Å². The van der Waals surface area contributed by atoms with Crippen LogP contribution in [0.5, 0.6) is 0 Å². The van der Waals surface area contributed by atoms with Crippen molar-refractivity contribution in [2.75, 3.05) is 12.3 Å². The molecule has 130 valence electrons. The minimum absolute atomic E-state index is 0.274. The topological polar surface area (TPSA) is 150 Å². The lowest BCUT2D eigenvalue weighted by molar-refractivity contribution is -0.127. The Bertz CT molecular complexity index is 742. The Labute approximate surface area is 138 Å². The number of hydrogen-bond donors (Lipinski definition) is 4. The van der Waals surface area contributed by atoms with Gasteiger partial charge in [-0.1, -0.05) is 0 Å². The van der Waals surface area contributed by atoms with Gasteiger partial charge in [0.2, 0.25) is 0 Å². The van der Waals surface area contributed by atoms with Gasteiger partial charge in [0.05, 0.1) is 12.3 Å². The monoisotopic (exact) mass is 335 g/mol. The molecule has 0 saturated carbocycles. The van der Waals surface area contributed by atoms with Crippen LogP contribution in [0.15, 0.2) is 18.5 Å². The van der Waals surface area contributed by atoms with E-state index in [1.54, 1.807) is 4.52 Å². The minimum atomic E-state index is -1.50. The van der Waals surface area contributed by atoms with Crippen LogP contribution in [-0.2, 0) is 4.74 Å². The second-order valence-electron chi connectivity index (χ2n) is 6.10. The molecule has 1 saturated heterocycles. The number of nitrogens with zero attached hydrogens (tertiary/aromatic N) is 4. The zero-order chi connectivity index (χ0) is 18.0. The van der Waals surface area contributed by atoms with Crippen LogP contribution in [0.3, 0.4) is 0 Å². The van der Waals surface area contributed by atoms with Crippen molar-refractivity contribution in [1.82, 2.24) is 14.6 Å². The number of nitriles is 1. The molecule has 0 radical (unpaired) electrons. The van der Waals surface area contributed by atoms with Gasteiger partial charge in [-0.3, -0.25) is 0 Å². The van der Waals surface area contributed by atoms with Crippen LogP contribution in [0.4, 0.5) is 5.82 Å². The van der Waals surface area contributed by atoms with Crippen LogP contribution < -0.4 is 5.73 Å². The summed E-state index contributed by atoms with van der Waals surface area (Å²) in [6, 6.07) is 5.72. The summed E-state index contributed by atoms with van der Waals surface area (Å²) in [5.74, 6) is -1.10. The van der Waals surface area contributed by atoms with Gasteiger partial charge < -0.3 is 25.8 Å². The normalized spacial score (nSPS) is 23.6. The van der Waals surface area contributed by atoms with Crippen molar-refractivity contribution < 1.29 is 20.1 Å². The summed E-state index contributed by atoms with van der Waals surface area (Å²) in [5, 5.41) is 38.7. The molecule has 0 aliphatic carbocycles. The number of nitrogens with two attached hydrogens (primary N) is 1. The number of aliphatic hydroxyl groups excluding tert-OH is 1. The molecule has 2 aromatic heterocycles. The summed E-state index contributed by atoms with van der Waals surface area (Å²) in [4.78, 5) is 3.92. The molecule has 2 unspecified atom stereocenters. The first-order valence-corrected chi connectivity index (χ1v) is 7.42. The molecule has 24 heavy (non-hydrogen) atoms. The van der Waals surface area contributed by atoms with Crippen LogP contribution in [0, 0.1) is 11.3 Å².